The summed E-state index contributed by atoms with van der Waals surface area (Å²) in [5, 5.41) is 8.24. The molecule has 33 heavy (non-hydrogen) atoms. The zero-order valence-electron chi connectivity index (χ0n) is 18.0. The van der Waals surface area contributed by atoms with E-state index in [0.717, 1.165) is 0 Å². The molecule has 0 radical (unpaired) electrons. The van der Waals surface area contributed by atoms with Gasteiger partial charge in [0.05, 0.1) is 42.7 Å². The zero-order valence-corrected chi connectivity index (χ0v) is 18.7. The third-order valence-corrected chi connectivity index (χ3v) is 4.94. The molecule has 3 rings (SSSR count). The third-order valence-electron chi connectivity index (χ3n) is 4.61. The van der Waals surface area contributed by atoms with Gasteiger partial charge in [0, 0.05) is 17.7 Å². The van der Waals surface area contributed by atoms with E-state index in [-0.39, 0.29) is 23.0 Å². The molecule has 3 amide bonds. The van der Waals surface area contributed by atoms with Crippen LogP contribution in [0.1, 0.15) is 20.7 Å². The summed E-state index contributed by atoms with van der Waals surface area (Å²) in [6, 6.07) is 18.3. The number of amides is 3. The van der Waals surface area contributed by atoms with Crippen molar-refractivity contribution in [2.75, 3.05) is 31.4 Å². The third kappa shape index (κ3) is 6.02. The van der Waals surface area contributed by atoms with E-state index in [0.29, 0.717) is 28.4 Å². The van der Waals surface area contributed by atoms with Crippen LogP contribution >= 0.6 is 11.6 Å². The molecule has 0 aliphatic rings. The molecule has 0 aliphatic heterocycles. The van der Waals surface area contributed by atoms with Crippen LogP contribution in [0.15, 0.2) is 66.7 Å². The maximum atomic E-state index is 12.5. The number of hydrogen-bond acceptors (Lipinski definition) is 5. The monoisotopic (exact) mass is 467 g/mol. The molecular weight excluding hydrogens is 446 g/mol. The van der Waals surface area contributed by atoms with E-state index < -0.39 is 11.8 Å². The first kappa shape index (κ1) is 23.6. The number of hydrogen-bond donors (Lipinski definition) is 3. The minimum absolute atomic E-state index is 0.268. The van der Waals surface area contributed by atoms with Crippen molar-refractivity contribution in [2.24, 2.45) is 0 Å². The van der Waals surface area contributed by atoms with E-state index >= 15 is 0 Å². The Labute approximate surface area is 195 Å². The molecule has 0 saturated carbocycles. The number of halogens is 1. The van der Waals surface area contributed by atoms with Gasteiger partial charge in [-0.25, -0.2) is 0 Å². The second-order valence-corrected chi connectivity index (χ2v) is 7.19. The van der Waals surface area contributed by atoms with Crippen LogP contribution in [-0.2, 0) is 4.79 Å². The zero-order chi connectivity index (χ0) is 23.8. The maximum Gasteiger partial charge on any atom is 0.255 e. The number of benzene rings is 3. The van der Waals surface area contributed by atoms with Crippen molar-refractivity contribution in [3.8, 4) is 11.5 Å². The Kier molecular flexibility index (Phi) is 7.88. The normalized spacial score (nSPS) is 10.2. The van der Waals surface area contributed by atoms with Crippen LogP contribution in [-0.4, -0.2) is 38.5 Å². The van der Waals surface area contributed by atoms with Gasteiger partial charge in [0.1, 0.15) is 11.5 Å². The Hall–Kier alpha value is -4.04. The average molecular weight is 468 g/mol. The van der Waals surface area contributed by atoms with E-state index in [1.807, 2.05) is 6.07 Å². The fourth-order valence-corrected chi connectivity index (χ4v) is 3.19. The predicted molar refractivity (Wildman–Crippen MR) is 126 cm³/mol. The molecule has 3 aromatic carbocycles. The molecule has 0 aromatic heterocycles. The van der Waals surface area contributed by atoms with E-state index in [2.05, 4.69) is 16.0 Å². The minimum atomic E-state index is -0.489. The molecule has 3 aromatic rings. The van der Waals surface area contributed by atoms with Crippen molar-refractivity contribution >= 4 is 40.7 Å². The summed E-state index contributed by atoms with van der Waals surface area (Å²) < 4.78 is 10.7. The quantitative estimate of drug-likeness (QED) is 0.464. The molecule has 9 heteroatoms. The molecule has 0 spiro atoms. The Morgan fingerprint density at radius 1 is 0.788 bits per heavy atom. The lowest BCUT2D eigenvalue weighted by molar-refractivity contribution is -0.115. The summed E-state index contributed by atoms with van der Waals surface area (Å²) in [4.78, 5) is 37.2. The first-order chi connectivity index (χ1) is 15.9. The lowest BCUT2D eigenvalue weighted by atomic mass is 10.2. The highest BCUT2D eigenvalue weighted by Gasteiger charge is 2.17. The van der Waals surface area contributed by atoms with Gasteiger partial charge in [-0.1, -0.05) is 41.9 Å². The first-order valence-corrected chi connectivity index (χ1v) is 10.3. The highest BCUT2D eigenvalue weighted by molar-refractivity contribution is 6.33. The van der Waals surface area contributed by atoms with E-state index in [9.17, 15) is 14.4 Å². The fourth-order valence-electron chi connectivity index (χ4n) is 2.97. The molecule has 0 aliphatic carbocycles. The van der Waals surface area contributed by atoms with Crippen LogP contribution in [0.3, 0.4) is 0 Å². The van der Waals surface area contributed by atoms with Crippen molar-refractivity contribution in [2.45, 2.75) is 0 Å². The van der Waals surface area contributed by atoms with Gasteiger partial charge >= 0.3 is 0 Å². The lowest BCUT2D eigenvalue weighted by Gasteiger charge is -2.16. The van der Waals surface area contributed by atoms with Crippen molar-refractivity contribution in [3.63, 3.8) is 0 Å². The standard InChI is InChI=1S/C24H22ClN3O5/c1-32-20-13-19(28-23(30)15-8-4-3-5-9-15)21(33-2)12-18(20)27-22(29)14-26-24(31)16-10-6-7-11-17(16)25/h3-13H,14H2,1-2H3,(H,26,31)(H,27,29)(H,28,30). The summed E-state index contributed by atoms with van der Waals surface area (Å²) in [6.45, 7) is -0.290. The highest BCUT2D eigenvalue weighted by Crippen LogP contribution is 2.36. The van der Waals surface area contributed by atoms with E-state index in [4.69, 9.17) is 21.1 Å². The lowest BCUT2D eigenvalue weighted by Crippen LogP contribution is -2.33. The number of ether oxygens (including phenoxy) is 2. The topological polar surface area (TPSA) is 106 Å². The Bertz CT molecular complexity index is 1170. The molecule has 0 heterocycles. The molecule has 0 saturated heterocycles. The van der Waals surface area contributed by atoms with Crippen molar-refractivity contribution in [1.29, 1.82) is 0 Å². The maximum absolute atomic E-state index is 12.5. The number of carbonyl (C=O) groups is 3. The van der Waals surface area contributed by atoms with Gasteiger partial charge < -0.3 is 25.4 Å². The molecule has 0 atom stereocenters. The van der Waals surface area contributed by atoms with Gasteiger partial charge in [0.25, 0.3) is 11.8 Å². The summed E-state index contributed by atoms with van der Waals surface area (Å²) in [5.41, 5.74) is 1.42. The summed E-state index contributed by atoms with van der Waals surface area (Å²) >= 11 is 6.01. The highest BCUT2D eigenvalue weighted by atomic mass is 35.5. The molecule has 170 valence electrons. The largest absolute Gasteiger partial charge is 0.494 e. The number of rotatable bonds is 8. The predicted octanol–water partition coefficient (Wildman–Crippen LogP) is 3.98. The van der Waals surface area contributed by atoms with Gasteiger partial charge in [-0.3, -0.25) is 14.4 Å². The molecule has 0 fully saturated rings. The Balaban J connectivity index is 1.71. The van der Waals surface area contributed by atoms with E-state index in [1.165, 1.54) is 26.4 Å². The number of anilines is 2. The second-order valence-electron chi connectivity index (χ2n) is 6.78. The van der Waals surface area contributed by atoms with Gasteiger partial charge in [-0.05, 0) is 24.3 Å². The summed E-state index contributed by atoms with van der Waals surface area (Å²) in [7, 11) is 2.87. The van der Waals surface area contributed by atoms with Crippen molar-refractivity contribution in [3.05, 3.63) is 82.9 Å². The Morgan fingerprint density at radius 3 is 1.97 bits per heavy atom. The van der Waals surface area contributed by atoms with Crippen LogP contribution in [0.4, 0.5) is 11.4 Å². The van der Waals surface area contributed by atoms with Crippen LogP contribution in [0.5, 0.6) is 11.5 Å². The minimum Gasteiger partial charge on any atom is -0.494 e. The number of carbonyl (C=O) groups excluding carboxylic acids is 3. The molecule has 3 N–H and O–H groups in total. The summed E-state index contributed by atoms with van der Waals surface area (Å²) in [6.07, 6.45) is 0. The fraction of sp³-hybridized carbons (Fsp3) is 0.125. The second kappa shape index (κ2) is 11.0. The average Bonchev–Trinajstić information content (AvgIpc) is 2.83. The molecular formula is C24H22ClN3O5. The number of nitrogens with one attached hydrogen (secondary N) is 3. The van der Waals surface area contributed by atoms with Gasteiger partial charge in [0.15, 0.2) is 0 Å². The van der Waals surface area contributed by atoms with Crippen LogP contribution in [0, 0.1) is 0 Å². The molecule has 0 bridgehead atoms. The van der Waals surface area contributed by atoms with Crippen LogP contribution in [0.25, 0.3) is 0 Å². The Morgan fingerprint density at radius 2 is 1.36 bits per heavy atom. The van der Waals surface area contributed by atoms with Crippen LogP contribution in [0.2, 0.25) is 5.02 Å². The van der Waals surface area contributed by atoms with E-state index in [1.54, 1.807) is 48.5 Å². The molecule has 0 unspecified atom stereocenters. The van der Waals surface area contributed by atoms with Crippen molar-refractivity contribution in [1.82, 2.24) is 5.32 Å². The van der Waals surface area contributed by atoms with Gasteiger partial charge in [0.2, 0.25) is 5.91 Å². The van der Waals surface area contributed by atoms with Gasteiger partial charge in [-0.2, -0.15) is 0 Å². The van der Waals surface area contributed by atoms with Crippen LogP contribution < -0.4 is 25.4 Å². The number of methoxy groups -OCH3 is 2. The first-order valence-electron chi connectivity index (χ1n) is 9.88. The molecule has 8 nitrogen and oxygen atoms in total. The SMILES string of the molecule is COc1cc(NC(=O)c2ccccc2)c(OC)cc1NC(=O)CNC(=O)c1ccccc1Cl. The summed E-state index contributed by atoms with van der Waals surface area (Å²) in [5.74, 6) is -0.674. The van der Waals surface area contributed by atoms with Gasteiger partial charge in [-0.15, -0.1) is 0 Å². The van der Waals surface area contributed by atoms with Crippen molar-refractivity contribution < 1.29 is 23.9 Å². The smallest absolute Gasteiger partial charge is 0.255 e.